The second-order valence-electron chi connectivity index (χ2n) is 6.11. The van der Waals surface area contributed by atoms with Crippen molar-refractivity contribution in [3.8, 4) is 0 Å². The van der Waals surface area contributed by atoms with Gasteiger partial charge in [-0.1, -0.05) is 59.6 Å². The number of nitrogens with zero attached hydrogens (tertiary/aromatic N) is 2. The summed E-state index contributed by atoms with van der Waals surface area (Å²) in [6.07, 6.45) is 0.321. The lowest BCUT2D eigenvalue weighted by molar-refractivity contribution is -0.115. The van der Waals surface area contributed by atoms with Crippen LogP contribution in [-0.4, -0.2) is 15.7 Å². The Morgan fingerprint density at radius 1 is 1.04 bits per heavy atom. The van der Waals surface area contributed by atoms with Crippen LogP contribution in [0.15, 0.2) is 48.5 Å². The summed E-state index contributed by atoms with van der Waals surface area (Å²) in [4.78, 5) is 12.4. The zero-order valence-corrected chi connectivity index (χ0v) is 16.1. The zero-order valence-electron chi connectivity index (χ0n) is 14.6. The van der Waals surface area contributed by atoms with Crippen LogP contribution in [-0.2, 0) is 17.8 Å². The normalized spacial score (nSPS) is 10.8. The highest BCUT2D eigenvalue weighted by atomic mass is 35.5. The highest BCUT2D eigenvalue weighted by molar-refractivity contribution is 6.35. The lowest BCUT2D eigenvalue weighted by Gasteiger charge is -2.10. The van der Waals surface area contributed by atoms with Crippen molar-refractivity contribution in [1.29, 1.82) is 0 Å². The van der Waals surface area contributed by atoms with Crippen LogP contribution in [0.25, 0.3) is 0 Å². The van der Waals surface area contributed by atoms with Crippen molar-refractivity contribution >= 4 is 34.8 Å². The summed E-state index contributed by atoms with van der Waals surface area (Å²) in [5, 5.41) is 8.70. The molecule has 0 unspecified atom stereocenters. The topological polar surface area (TPSA) is 46.9 Å². The minimum atomic E-state index is -0.0716. The number of carbonyl (C=O) groups excluding carboxylic acids is 1. The fourth-order valence-corrected chi connectivity index (χ4v) is 3.35. The Labute approximate surface area is 162 Å². The number of aromatic nitrogens is 2. The maximum atomic E-state index is 12.4. The van der Waals surface area contributed by atoms with Gasteiger partial charge >= 0.3 is 0 Å². The van der Waals surface area contributed by atoms with Gasteiger partial charge < -0.3 is 5.32 Å². The molecule has 1 amide bonds. The zero-order chi connectivity index (χ0) is 18.7. The van der Waals surface area contributed by atoms with E-state index in [1.165, 1.54) is 0 Å². The molecule has 0 bridgehead atoms. The molecule has 4 nitrogen and oxygen atoms in total. The Hall–Kier alpha value is -2.30. The molecule has 1 aromatic heterocycles. The molecule has 0 saturated carbocycles. The van der Waals surface area contributed by atoms with Crippen LogP contribution in [0.4, 0.5) is 5.69 Å². The van der Waals surface area contributed by atoms with Gasteiger partial charge in [0.2, 0.25) is 5.91 Å². The number of hydrogen-bond donors (Lipinski definition) is 1. The first-order valence-electron chi connectivity index (χ1n) is 8.26. The summed E-state index contributed by atoms with van der Waals surface area (Å²) in [6, 6.07) is 15.1. The maximum absolute atomic E-state index is 12.4. The van der Waals surface area contributed by atoms with Crippen LogP contribution in [0.3, 0.4) is 0 Å². The molecule has 134 valence electrons. The van der Waals surface area contributed by atoms with E-state index in [0.717, 1.165) is 28.2 Å². The molecule has 26 heavy (non-hydrogen) atoms. The van der Waals surface area contributed by atoms with E-state index in [9.17, 15) is 4.79 Å². The number of benzene rings is 2. The van der Waals surface area contributed by atoms with Gasteiger partial charge in [-0.25, -0.2) is 0 Å². The Kier molecular flexibility index (Phi) is 5.64. The van der Waals surface area contributed by atoms with Crippen LogP contribution in [0.2, 0.25) is 10.0 Å². The van der Waals surface area contributed by atoms with Gasteiger partial charge in [-0.15, -0.1) is 0 Å². The second kappa shape index (κ2) is 7.94. The third-order valence-corrected chi connectivity index (χ3v) is 4.93. The molecule has 0 aliphatic rings. The monoisotopic (exact) mass is 387 g/mol. The van der Waals surface area contributed by atoms with Crippen LogP contribution in [0.5, 0.6) is 0 Å². The number of rotatable bonds is 5. The van der Waals surface area contributed by atoms with Gasteiger partial charge in [0.25, 0.3) is 0 Å². The number of aryl methyl sites for hydroxylation is 1. The van der Waals surface area contributed by atoms with Crippen molar-refractivity contribution in [2.75, 3.05) is 5.32 Å². The fourth-order valence-electron chi connectivity index (χ4n) is 2.83. The summed E-state index contributed by atoms with van der Waals surface area (Å²) in [6.45, 7) is 4.23. The Balaban J connectivity index is 1.79. The number of carbonyl (C=O) groups is 1. The molecule has 0 radical (unpaired) electrons. The molecule has 0 aliphatic heterocycles. The summed E-state index contributed by atoms with van der Waals surface area (Å²) in [7, 11) is 0. The van der Waals surface area contributed by atoms with Crippen molar-refractivity contribution in [2.45, 2.75) is 26.8 Å². The average molecular weight is 388 g/mol. The quantitative estimate of drug-likeness (QED) is 0.666. The second-order valence-corrected chi connectivity index (χ2v) is 6.93. The van der Waals surface area contributed by atoms with E-state index >= 15 is 0 Å². The predicted molar refractivity (Wildman–Crippen MR) is 106 cm³/mol. The molecule has 0 aliphatic carbocycles. The largest absolute Gasteiger partial charge is 0.323 e. The van der Waals surface area contributed by atoms with Crippen LogP contribution >= 0.6 is 23.2 Å². The molecule has 0 fully saturated rings. The van der Waals surface area contributed by atoms with Crippen LogP contribution in [0, 0.1) is 13.8 Å². The molecule has 2 aromatic carbocycles. The maximum Gasteiger partial charge on any atom is 0.228 e. The van der Waals surface area contributed by atoms with Crippen molar-refractivity contribution in [3.63, 3.8) is 0 Å². The van der Waals surface area contributed by atoms with E-state index in [4.69, 9.17) is 23.2 Å². The minimum absolute atomic E-state index is 0.0716. The molecule has 0 atom stereocenters. The van der Waals surface area contributed by atoms with E-state index in [2.05, 4.69) is 10.4 Å². The number of hydrogen-bond acceptors (Lipinski definition) is 2. The van der Waals surface area contributed by atoms with Gasteiger partial charge in [-0.05, 0) is 31.5 Å². The first kappa shape index (κ1) is 18.5. The molecule has 0 saturated heterocycles. The first-order chi connectivity index (χ1) is 12.5. The smallest absolute Gasteiger partial charge is 0.228 e. The van der Waals surface area contributed by atoms with Gasteiger partial charge in [-0.2, -0.15) is 5.10 Å². The molecular formula is C20H19Cl2N3O. The molecule has 1 heterocycles. The van der Waals surface area contributed by atoms with Gasteiger partial charge in [-0.3, -0.25) is 9.48 Å². The summed E-state index contributed by atoms with van der Waals surface area (Å²) in [5.41, 5.74) is 4.13. The highest BCUT2D eigenvalue weighted by Gasteiger charge is 2.16. The van der Waals surface area contributed by atoms with E-state index in [0.29, 0.717) is 23.0 Å². The minimum Gasteiger partial charge on any atom is -0.323 e. The fraction of sp³-hybridized carbons (Fsp3) is 0.200. The molecule has 6 heteroatoms. The number of amides is 1. The van der Waals surface area contributed by atoms with Crippen molar-refractivity contribution < 1.29 is 4.79 Å². The molecule has 3 rings (SSSR count). The standard InChI is InChI=1S/C20H19Cl2N3O/c1-13-20(23-19(26)11-15-7-4-3-5-8-15)14(2)25(24-13)12-16-17(21)9-6-10-18(16)22/h3-10H,11-12H2,1-2H3,(H,23,26). The molecule has 1 N–H and O–H groups in total. The first-order valence-corrected chi connectivity index (χ1v) is 9.02. The van der Waals surface area contributed by atoms with Crippen molar-refractivity contribution in [1.82, 2.24) is 9.78 Å². The molecular weight excluding hydrogens is 369 g/mol. The predicted octanol–water partition coefficient (Wildman–Crippen LogP) is 5.04. The lowest BCUT2D eigenvalue weighted by Crippen LogP contribution is -2.15. The molecule has 0 spiro atoms. The van der Waals surface area contributed by atoms with Gasteiger partial charge in [0, 0.05) is 15.6 Å². The third-order valence-electron chi connectivity index (χ3n) is 4.22. The number of nitrogens with one attached hydrogen (secondary N) is 1. The van der Waals surface area contributed by atoms with Crippen LogP contribution in [0.1, 0.15) is 22.5 Å². The number of halogens is 2. The summed E-state index contributed by atoms with van der Waals surface area (Å²) < 4.78 is 1.81. The number of anilines is 1. The van der Waals surface area contributed by atoms with Gasteiger partial charge in [0.15, 0.2) is 0 Å². The van der Waals surface area contributed by atoms with Crippen molar-refractivity contribution in [2.24, 2.45) is 0 Å². The van der Waals surface area contributed by atoms with Crippen LogP contribution < -0.4 is 5.32 Å². The molecule has 3 aromatic rings. The van der Waals surface area contributed by atoms with E-state index < -0.39 is 0 Å². The SMILES string of the molecule is Cc1nn(Cc2c(Cl)cccc2Cl)c(C)c1NC(=O)Cc1ccccc1. The summed E-state index contributed by atoms with van der Waals surface area (Å²) in [5.74, 6) is -0.0716. The van der Waals surface area contributed by atoms with Gasteiger partial charge in [0.1, 0.15) is 0 Å². The summed E-state index contributed by atoms with van der Waals surface area (Å²) >= 11 is 12.5. The lowest BCUT2D eigenvalue weighted by atomic mass is 10.1. The van der Waals surface area contributed by atoms with Gasteiger partial charge in [0.05, 0.1) is 30.0 Å². The van der Waals surface area contributed by atoms with E-state index in [1.807, 2.05) is 50.2 Å². The van der Waals surface area contributed by atoms with Crippen molar-refractivity contribution in [3.05, 3.63) is 81.1 Å². The highest BCUT2D eigenvalue weighted by Crippen LogP contribution is 2.27. The Morgan fingerprint density at radius 3 is 2.35 bits per heavy atom. The third kappa shape index (κ3) is 4.09. The van der Waals surface area contributed by atoms with E-state index in [-0.39, 0.29) is 5.91 Å². The van der Waals surface area contributed by atoms with E-state index in [1.54, 1.807) is 16.8 Å². The Morgan fingerprint density at radius 2 is 1.69 bits per heavy atom. The Bertz CT molecular complexity index is 915. The average Bonchev–Trinajstić information content (AvgIpc) is 2.86.